The summed E-state index contributed by atoms with van der Waals surface area (Å²) in [6.45, 7) is 3.53. The van der Waals surface area contributed by atoms with Gasteiger partial charge >= 0.3 is 0 Å². The summed E-state index contributed by atoms with van der Waals surface area (Å²) in [4.78, 5) is 0. The number of aryl methyl sites for hydroxylation is 1. The van der Waals surface area contributed by atoms with Crippen molar-refractivity contribution in [1.82, 2.24) is 4.57 Å². The van der Waals surface area contributed by atoms with Gasteiger partial charge in [-0.3, -0.25) is 0 Å². The number of rotatable bonds is 2. The average molecular weight is 275 g/mol. The predicted molar refractivity (Wildman–Crippen MR) is 88.8 cm³/mol. The van der Waals surface area contributed by atoms with E-state index in [0.29, 0.717) is 5.92 Å². The molecule has 1 unspecified atom stereocenters. The molecule has 0 radical (unpaired) electrons. The molecule has 0 aliphatic carbocycles. The van der Waals surface area contributed by atoms with Gasteiger partial charge in [-0.25, -0.2) is 0 Å². The van der Waals surface area contributed by atoms with Crippen molar-refractivity contribution in [3.63, 3.8) is 0 Å². The summed E-state index contributed by atoms with van der Waals surface area (Å²) in [5, 5.41) is 1.45. The molecule has 1 heteroatoms. The Bertz CT molecular complexity index is 767. The van der Waals surface area contributed by atoms with Crippen LogP contribution in [-0.4, -0.2) is 4.57 Å². The third-order valence-corrected chi connectivity index (χ3v) is 4.90. The van der Waals surface area contributed by atoms with E-state index in [1.54, 1.807) is 11.3 Å². The van der Waals surface area contributed by atoms with Crippen molar-refractivity contribution in [2.24, 2.45) is 0 Å². The fourth-order valence-electron chi connectivity index (χ4n) is 3.86. The normalized spacial score (nSPS) is 15.9. The average Bonchev–Trinajstić information content (AvgIpc) is 2.90. The summed E-state index contributed by atoms with van der Waals surface area (Å²) in [6.07, 6.45) is 3.86. The van der Waals surface area contributed by atoms with Crippen LogP contribution >= 0.6 is 0 Å². The fraction of sp³-hybridized carbons (Fsp3) is 0.300. The van der Waals surface area contributed by atoms with E-state index in [1.165, 1.54) is 42.3 Å². The smallest absolute Gasteiger partial charge is 0.0485 e. The highest BCUT2D eigenvalue weighted by atomic mass is 15.0. The number of hydrogen-bond acceptors (Lipinski definition) is 0. The van der Waals surface area contributed by atoms with Crippen LogP contribution in [0.1, 0.15) is 42.5 Å². The number of nitrogens with zero attached hydrogens (tertiary/aromatic N) is 1. The largest absolute Gasteiger partial charge is 0.344 e. The summed E-state index contributed by atoms with van der Waals surface area (Å²) < 4.78 is 2.56. The van der Waals surface area contributed by atoms with E-state index in [4.69, 9.17) is 0 Å². The standard InChI is InChI=1S/C20H21N/c1-15(16-9-3-2-4-10-16)20-17-11-5-6-12-18(17)21-14-8-7-13-19(20)21/h2-6,9-12,15H,7-8,13-14H2,1H3. The van der Waals surface area contributed by atoms with Crippen LogP contribution in [0, 0.1) is 0 Å². The fourth-order valence-corrected chi connectivity index (χ4v) is 3.86. The Kier molecular flexibility index (Phi) is 3.07. The van der Waals surface area contributed by atoms with Gasteiger partial charge in [0.2, 0.25) is 0 Å². The number of benzene rings is 2. The van der Waals surface area contributed by atoms with Crippen molar-refractivity contribution in [3.8, 4) is 0 Å². The molecule has 1 aromatic heterocycles. The molecule has 0 fully saturated rings. The lowest BCUT2D eigenvalue weighted by Gasteiger charge is -2.20. The van der Waals surface area contributed by atoms with Gasteiger partial charge in [0.1, 0.15) is 0 Å². The maximum Gasteiger partial charge on any atom is 0.0485 e. The molecule has 4 rings (SSSR count). The Morgan fingerprint density at radius 3 is 2.52 bits per heavy atom. The van der Waals surface area contributed by atoms with Gasteiger partial charge in [-0.1, -0.05) is 55.5 Å². The summed E-state index contributed by atoms with van der Waals surface area (Å²) in [5.41, 5.74) is 5.96. The van der Waals surface area contributed by atoms with Gasteiger partial charge < -0.3 is 4.57 Å². The second-order valence-electron chi connectivity index (χ2n) is 6.12. The van der Waals surface area contributed by atoms with Crippen LogP contribution in [0.4, 0.5) is 0 Å². The van der Waals surface area contributed by atoms with Crippen LogP contribution < -0.4 is 0 Å². The lowest BCUT2D eigenvalue weighted by atomic mass is 9.89. The van der Waals surface area contributed by atoms with E-state index in [0.717, 1.165) is 0 Å². The molecule has 1 atom stereocenters. The molecule has 0 amide bonds. The second-order valence-corrected chi connectivity index (χ2v) is 6.12. The van der Waals surface area contributed by atoms with E-state index in [9.17, 15) is 0 Å². The highest BCUT2D eigenvalue weighted by molar-refractivity contribution is 5.86. The quantitative estimate of drug-likeness (QED) is 0.611. The molecule has 1 aliphatic heterocycles. The van der Waals surface area contributed by atoms with Crippen molar-refractivity contribution < 1.29 is 0 Å². The number of aromatic nitrogens is 1. The lowest BCUT2D eigenvalue weighted by molar-refractivity contribution is 0.539. The molecule has 0 spiro atoms. The van der Waals surface area contributed by atoms with Gasteiger partial charge in [0.15, 0.2) is 0 Å². The molecule has 3 aromatic rings. The van der Waals surface area contributed by atoms with Gasteiger partial charge in [-0.05, 0) is 36.5 Å². The molecule has 2 heterocycles. The summed E-state index contributed by atoms with van der Waals surface area (Å²) >= 11 is 0. The predicted octanol–water partition coefficient (Wildman–Crippen LogP) is 5.13. The van der Waals surface area contributed by atoms with E-state index in [2.05, 4.69) is 66.1 Å². The molecule has 1 nitrogen and oxygen atoms in total. The highest BCUT2D eigenvalue weighted by Gasteiger charge is 2.23. The molecular weight excluding hydrogens is 254 g/mol. The molecule has 1 aliphatic rings. The van der Waals surface area contributed by atoms with Crippen molar-refractivity contribution in [1.29, 1.82) is 0 Å². The van der Waals surface area contributed by atoms with E-state index >= 15 is 0 Å². The second kappa shape index (κ2) is 5.07. The number of fused-ring (bicyclic) bond motifs is 3. The monoisotopic (exact) mass is 275 g/mol. The zero-order valence-corrected chi connectivity index (χ0v) is 12.5. The number of para-hydroxylation sites is 1. The molecule has 0 saturated carbocycles. The SMILES string of the molecule is CC(c1ccccc1)c1c2n(c3ccccc13)CCCC2. The number of hydrogen-bond donors (Lipinski definition) is 0. The third-order valence-electron chi connectivity index (χ3n) is 4.90. The van der Waals surface area contributed by atoms with E-state index in [-0.39, 0.29) is 0 Å². The van der Waals surface area contributed by atoms with E-state index < -0.39 is 0 Å². The maximum atomic E-state index is 2.56. The first-order valence-electron chi connectivity index (χ1n) is 8.01. The van der Waals surface area contributed by atoms with Gasteiger partial charge in [0.25, 0.3) is 0 Å². The Hall–Kier alpha value is -2.02. The summed E-state index contributed by atoms with van der Waals surface area (Å²) in [5.74, 6) is 0.463. The zero-order valence-electron chi connectivity index (χ0n) is 12.5. The lowest BCUT2D eigenvalue weighted by Crippen LogP contribution is -2.11. The molecule has 21 heavy (non-hydrogen) atoms. The van der Waals surface area contributed by atoms with Crippen molar-refractivity contribution >= 4 is 10.9 Å². The topological polar surface area (TPSA) is 4.93 Å². The molecule has 0 N–H and O–H groups in total. The summed E-state index contributed by atoms with van der Waals surface area (Å²) in [6, 6.07) is 19.8. The molecule has 0 bridgehead atoms. The summed E-state index contributed by atoms with van der Waals surface area (Å²) in [7, 11) is 0. The first kappa shape index (κ1) is 12.7. The minimum absolute atomic E-state index is 0.463. The van der Waals surface area contributed by atoms with Crippen LogP contribution in [0.5, 0.6) is 0 Å². The Balaban J connectivity index is 1.96. The molecule has 2 aromatic carbocycles. The van der Waals surface area contributed by atoms with Crippen molar-refractivity contribution in [2.45, 2.75) is 38.6 Å². The molecular formula is C20H21N. The third kappa shape index (κ3) is 1.99. The van der Waals surface area contributed by atoms with Crippen LogP contribution in [0.2, 0.25) is 0 Å². The minimum atomic E-state index is 0.463. The minimum Gasteiger partial charge on any atom is -0.344 e. The Labute approximate surface area is 126 Å². The molecule has 0 saturated heterocycles. The van der Waals surface area contributed by atoms with Gasteiger partial charge in [-0.2, -0.15) is 0 Å². The van der Waals surface area contributed by atoms with Crippen LogP contribution in [-0.2, 0) is 13.0 Å². The molecule has 106 valence electrons. The maximum absolute atomic E-state index is 2.56. The van der Waals surface area contributed by atoms with Crippen LogP contribution in [0.3, 0.4) is 0 Å². The highest BCUT2D eigenvalue weighted by Crippen LogP contribution is 2.38. The van der Waals surface area contributed by atoms with Crippen molar-refractivity contribution in [2.75, 3.05) is 0 Å². The van der Waals surface area contributed by atoms with E-state index in [1.807, 2.05) is 0 Å². The van der Waals surface area contributed by atoms with Gasteiger partial charge in [0.05, 0.1) is 0 Å². The van der Waals surface area contributed by atoms with Crippen LogP contribution in [0.15, 0.2) is 54.6 Å². The first-order valence-corrected chi connectivity index (χ1v) is 8.01. The van der Waals surface area contributed by atoms with Crippen LogP contribution in [0.25, 0.3) is 10.9 Å². The van der Waals surface area contributed by atoms with Gasteiger partial charge in [-0.15, -0.1) is 0 Å². The Morgan fingerprint density at radius 1 is 0.905 bits per heavy atom. The zero-order chi connectivity index (χ0) is 14.2. The first-order chi connectivity index (χ1) is 10.4. The van der Waals surface area contributed by atoms with Gasteiger partial charge in [0, 0.05) is 29.1 Å². The Morgan fingerprint density at radius 2 is 1.67 bits per heavy atom. The van der Waals surface area contributed by atoms with Crippen molar-refractivity contribution in [3.05, 3.63) is 71.4 Å².